The highest BCUT2D eigenvalue weighted by atomic mass is 16.4. The molecule has 0 spiro atoms. The van der Waals surface area contributed by atoms with Gasteiger partial charge in [0.2, 0.25) is 0 Å². The molecule has 0 aliphatic carbocycles. The summed E-state index contributed by atoms with van der Waals surface area (Å²) in [5, 5.41) is 14.8. The normalized spacial score (nSPS) is 17.9. The zero-order chi connectivity index (χ0) is 12.8. The van der Waals surface area contributed by atoms with E-state index >= 15 is 0 Å². The van der Waals surface area contributed by atoms with Gasteiger partial charge >= 0.3 is 5.97 Å². The number of aliphatic carboxylic acids is 1. The Morgan fingerprint density at radius 3 is 2.82 bits per heavy atom. The van der Waals surface area contributed by atoms with Gasteiger partial charge < -0.3 is 20.6 Å². The maximum absolute atomic E-state index is 10.9. The average molecular weight is 240 g/mol. The Labute approximate surface area is 101 Å². The zero-order valence-electron chi connectivity index (χ0n) is 10.5. The number of likely N-dealkylation sites (N-methyl/N-ethyl adjacent to an activating group) is 1. The number of carboxylic acid groups (broad SMARTS) is 1. The zero-order valence-corrected chi connectivity index (χ0v) is 10.5. The molecule has 96 valence electrons. The number of hydrogen-bond acceptors (Lipinski definition) is 3. The first-order valence-corrected chi connectivity index (χ1v) is 5.59. The van der Waals surface area contributed by atoms with Crippen LogP contribution in [0.2, 0.25) is 0 Å². The van der Waals surface area contributed by atoms with Crippen molar-refractivity contribution < 1.29 is 9.90 Å². The van der Waals surface area contributed by atoms with E-state index in [9.17, 15) is 4.79 Å². The maximum Gasteiger partial charge on any atom is 0.321 e. The van der Waals surface area contributed by atoms with Gasteiger partial charge in [0.15, 0.2) is 5.96 Å². The fourth-order valence-electron chi connectivity index (χ4n) is 1.91. The van der Waals surface area contributed by atoms with Gasteiger partial charge in [-0.1, -0.05) is 11.6 Å². The third-order valence-electron chi connectivity index (χ3n) is 2.84. The second kappa shape index (κ2) is 6.24. The lowest BCUT2D eigenvalue weighted by molar-refractivity contribution is -0.139. The van der Waals surface area contributed by atoms with Gasteiger partial charge in [0.25, 0.3) is 0 Å². The molecule has 1 atom stereocenters. The van der Waals surface area contributed by atoms with Gasteiger partial charge in [0.05, 0.1) is 0 Å². The number of nitrogens with zero attached hydrogens (tertiary/aromatic N) is 2. The first-order valence-electron chi connectivity index (χ1n) is 5.59. The molecule has 1 aliphatic heterocycles. The standard InChI is InChI=1S/C11H20N4O2/c1-12-9(10(16)17)6-8-4-5-15(7-8)11(13-2)14-3/h4,9,12H,5-7H2,1-3H3,(H,13,14)(H,16,17). The van der Waals surface area contributed by atoms with E-state index in [4.69, 9.17) is 5.11 Å². The van der Waals surface area contributed by atoms with E-state index in [1.165, 1.54) is 0 Å². The minimum absolute atomic E-state index is 0.516. The largest absolute Gasteiger partial charge is 0.480 e. The minimum atomic E-state index is -0.815. The van der Waals surface area contributed by atoms with Crippen molar-refractivity contribution in [3.05, 3.63) is 11.6 Å². The summed E-state index contributed by atoms with van der Waals surface area (Å²) in [4.78, 5) is 17.1. The number of hydrogen-bond donors (Lipinski definition) is 3. The highest BCUT2D eigenvalue weighted by Gasteiger charge is 2.22. The number of carboxylic acids is 1. The molecule has 0 bridgehead atoms. The number of rotatable bonds is 4. The van der Waals surface area contributed by atoms with E-state index < -0.39 is 12.0 Å². The van der Waals surface area contributed by atoms with Crippen molar-refractivity contribution in [2.45, 2.75) is 12.5 Å². The summed E-state index contributed by atoms with van der Waals surface area (Å²) < 4.78 is 0. The van der Waals surface area contributed by atoms with Crippen LogP contribution in [-0.2, 0) is 4.79 Å². The smallest absolute Gasteiger partial charge is 0.321 e. The van der Waals surface area contributed by atoms with Crippen LogP contribution in [0.4, 0.5) is 0 Å². The summed E-state index contributed by atoms with van der Waals surface area (Å²) >= 11 is 0. The summed E-state index contributed by atoms with van der Waals surface area (Å²) in [6, 6.07) is -0.516. The topological polar surface area (TPSA) is 77.0 Å². The Morgan fingerprint density at radius 1 is 1.65 bits per heavy atom. The van der Waals surface area contributed by atoms with Crippen molar-refractivity contribution in [1.29, 1.82) is 0 Å². The van der Waals surface area contributed by atoms with Crippen LogP contribution >= 0.6 is 0 Å². The van der Waals surface area contributed by atoms with Crippen LogP contribution in [0, 0.1) is 0 Å². The minimum Gasteiger partial charge on any atom is -0.480 e. The molecule has 0 aromatic rings. The lowest BCUT2D eigenvalue weighted by Crippen LogP contribution is -2.39. The van der Waals surface area contributed by atoms with E-state index in [2.05, 4.69) is 26.6 Å². The van der Waals surface area contributed by atoms with Gasteiger partial charge in [-0.25, -0.2) is 0 Å². The van der Waals surface area contributed by atoms with Crippen molar-refractivity contribution in [1.82, 2.24) is 15.5 Å². The third-order valence-corrected chi connectivity index (χ3v) is 2.84. The second-order valence-corrected chi connectivity index (χ2v) is 3.92. The molecule has 0 aromatic carbocycles. The Balaban J connectivity index is 2.52. The van der Waals surface area contributed by atoms with E-state index in [0.717, 1.165) is 24.6 Å². The van der Waals surface area contributed by atoms with Crippen LogP contribution in [-0.4, -0.2) is 62.2 Å². The Hall–Kier alpha value is -1.56. The average Bonchev–Trinajstić information content (AvgIpc) is 2.76. The molecule has 6 heteroatoms. The lowest BCUT2D eigenvalue weighted by Gasteiger charge is -2.20. The van der Waals surface area contributed by atoms with Gasteiger partial charge in [0.1, 0.15) is 6.04 Å². The summed E-state index contributed by atoms with van der Waals surface area (Å²) in [5.41, 5.74) is 1.13. The number of nitrogens with one attached hydrogen (secondary N) is 2. The lowest BCUT2D eigenvalue weighted by atomic mass is 10.1. The van der Waals surface area contributed by atoms with Gasteiger partial charge in [-0.15, -0.1) is 0 Å². The highest BCUT2D eigenvalue weighted by Crippen LogP contribution is 2.14. The quantitative estimate of drug-likeness (QED) is 0.351. The van der Waals surface area contributed by atoms with Crippen LogP contribution < -0.4 is 10.6 Å². The first kappa shape index (κ1) is 13.5. The van der Waals surface area contributed by atoms with E-state index in [1.54, 1.807) is 14.1 Å². The van der Waals surface area contributed by atoms with Crippen LogP contribution in [0.5, 0.6) is 0 Å². The van der Waals surface area contributed by atoms with Crippen molar-refractivity contribution >= 4 is 11.9 Å². The fraction of sp³-hybridized carbons (Fsp3) is 0.636. The fourth-order valence-corrected chi connectivity index (χ4v) is 1.91. The van der Waals surface area contributed by atoms with E-state index in [1.807, 2.05) is 7.05 Å². The van der Waals surface area contributed by atoms with E-state index in [0.29, 0.717) is 6.42 Å². The van der Waals surface area contributed by atoms with Crippen LogP contribution in [0.15, 0.2) is 16.6 Å². The van der Waals surface area contributed by atoms with Crippen LogP contribution in [0.3, 0.4) is 0 Å². The molecule has 6 nitrogen and oxygen atoms in total. The molecule has 1 aliphatic rings. The summed E-state index contributed by atoms with van der Waals surface area (Å²) in [6.07, 6.45) is 2.60. The molecular formula is C11H20N4O2. The molecule has 0 saturated heterocycles. The Bertz CT molecular complexity index is 338. The van der Waals surface area contributed by atoms with E-state index in [-0.39, 0.29) is 0 Å². The van der Waals surface area contributed by atoms with Crippen LogP contribution in [0.25, 0.3) is 0 Å². The molecule has 3 N–H and O–H groups in total. The third kappa shape index (κ3) is 3.45. The van der Waals surface area contributed by atoms with Gasteiger partial charge in [-0.2, -0.15) is 0 Å². The highest BCUT2D eigenvalue weighted by molar-refractivity contribution is 5.80. The van der Waals surface area contributed by atoms with Crippen molar-refractivity contribution in [3.63, 3.8) is 0 Å². The molecule has 0 fully saturated rings. The number of carbonyl (C=O) groups is 1. The molecule has 1 rings (SSSR count). The molecule has 0 saturated carbocycles. The van der Waals surface area contributed by atoms with Crippen LogP contribution in [0.1, 0.15) is 6.42 Å². The SMILES string of the molecule is CN=C(NC)N1CC=C(CC(NC)C(=O)O)C1. The van der Waals surface area contributed by atoms with Gasteiger partial charge in [-0.3, -0.25) is 9.79 Å². The first-order chi connectivity index (χ1) is 8.12. The molecule has 17 heavy (non-hydrogen) atoms. The Morgan fingerprint density at radius 2 is 2.35 bits per heavy atom. The van der Waals surface area contributed by atoms with Crippen molar-refractivity contribution in [3.8, 4) is 0 Å². The molecule has 0 aromatic heterocycles. The van der Waals surface area contributed by atoms with Gasteiger partial charge in [0, 0.05) is 27.2 Å². The Kier molecular flexibility index (Phi) is 4.96. The summed E-state index contributed by atoms with van der Waals surface area (Å²) in [7, 11) is 5.23. The van der Waals surface area contributed by atoms with Gasteiger partial charge in [-0.05, 0) is 13.5 Å². The predicted octanol–water partition coefficient (Wildman–Crippen LogP) is -0.504. The maximum atomic E-state index is 10.9. The molecule has 1 unspecified atom stereocenters. The summed E-state index contributed by atoms with van der Waals surface area (Å²) in [5.74, 6) is 0.0115. The number of guanidine groups is 1. The molecular weight excluding hydrogens is 220 g/mol. The molecule has 1 heterocycles. The van der Waals surface area contributed by atoms with Crippen molar-refractivity contribution in [2.75, 3.05) is 34.2 Å². The predicted molar refractivity (Wildman–Crippen MR) is 67.2 cm³/mol. The monoisotopic (exact) mass is 240 g/mol. The number of aliphatic imine (C=N–C) groups is 1. The van der Waals surface area contributed by atoms with Crippen molar-refractivity contribution in [2.24, 2.45) is 4.99 Å². The summed E-state index contributed by atoms with van der Waals surface area (Å²) in [6.45, 7) is 1.51. The molecule has 0 amide bonds. The molecule has 0 radical (unpaired) electrons. The second-order valence-electron chi connectivity index (χ2n) is 3.92.